The lowest BCUT2D eigenvalue weighted by Gasteiger charge is -2.14. The SMILES string of the molecule is Cc1cc(C(=O)O)ccc1COc1cccc(N(C)C)c1. The van der Waals surface area contributed by atoms with Crippen LogP contribution in [0, 0.1) is 6.92 Å². The molecular formula is C17H19NO3. The minimum absolute atomic E-state index is 0.297. The molecule has 0 radical (unpaired) electrons. The lowest BCUT2D eigenvalue weighted by atomic mass is 10.1. The predicted octanol–water partition coefficient (Wildman–Crippen LogP) is 3.34. The second-order valence-electron chi connectivity index (χ2n) is 5.13. The van der Waals surface area contributed by atoms with Crippen LogP contribution < -0.4 is 9.64 Å². The average Bonchev–Trinajstić information content (AvgIpc) is 2.46. The normalized spacial score (nSPS) is 10.2. The second-order valence-corrected chi connectivity index (χ2v) is 5.13. The number of rotatable bonds is 5. The van der Waals surface area contributed by atoms with Gasteiger partial charge in [-0.05, 0) is 42.3 Å². The Balaban J connectivity index is 2.09. The standard InChI is InChI=1S/C17H19NO3/c1-12-9-13(17(19)20)7-8-14(12)11-21-16-6-4-5-15(10-16)18(2)3/h4-10H,11H2,1-3H3,(H,19,20). The summed E-state index contributed by atoms with van der Waals surface area (Å²) in [5.74, 6) is -0.118. The molecule has 0 amide bonds. The smallest absolute Gasteiger partial charge is 0.335 e. The lowest BCUT2D eigenvalue weighted by Crippen LogP contribution is -2.08. The highest BCUT2D eigenvalue weighted by Gasteiger charge is 2.06. The largest absolute Gasteiger partial charge is 0.489 e. The molecule has 0 heterocycles. The molecule has 0 saturated heterocycles. The molecule has 0 saturated carbocycles. The van der Waals surface area contributed by atoms with E-state index < -0.39 is 5.97 Å². The number of aromatic carboxylic acids is 1. The van der Waals surface area contributed by atoms with Crippen molar-refractivity contribution >= 4 is 11.7 Å². The molecule has 2 aromatic rings. The quantitative estimate of drug-likeness (QED) is 0.915. The Kier molecular flexibility index (Phi) is 4.48. The van der Waals surface area contributed by atoms with Gasteiger partial charge in [-0.3, -0.25) is 0 Å². The van der Waals surface area contributed by atoms with Crippen molar-refractivity contribution < 1.29 is 14.6 Å². The van der Waals surface area contributed by atoms with Crippen LogP contribution >= 0.6 is 0 Å². The lowest BCUT2D eigenvalue weighted by molar-refractivity contribution is 0.0696. The molecule has 0 spiro atoms. The number of aryl methyl sites for hydroxylation is 1. The van der Waals surface area contributed by atoms with Crippen LogP contribution in [0.3, 0.4) is 0 Å². The Morgan fingerprint density at radius 1 is 1.19 bits per heavy atom. The van der Waals surface area contributed by atoms with Crippen LogP contribution in [0.1, 0.15) is 21.5 Å². The predicted molar refractivity (Wildman–Crippen MR) is 83.2 cm³/mol. The van der Waals surface area contributed by atoms with E-state index in [-0.39, 0.29) is 0 Å². The van der Waals surface area contributed by atoms with Gasteiger partial charge < -0.3 is 14.7 Å². The molecule has 1 N–H and O–H groups in total. The van der Waals surface area contributed by atoms with Gasteiger partial charge >= 0.3 is 5.97 Å². The number of hydrogen-bond acceptors (Lipinski definition) is 3. The molecule has 0 atom stereocenters. The van der Waals surface area contributed by atoms with E-state index in [4.69, 9.17) is 9.84 Å². The highest BCUT2D eigenvalue weighted by Crippen LogP contribution is 2.21. The first-order valence-corrected chi connectivity index (χ1v) is 6.70. The summed E-state index contributed by atoms with van der Waals surface area (Å²) in [4.78, 5) is 12.9. The number of ether oxygens (including phenoxy) is 1. The van der Waals surface area contributed by atoms with Gasteiger partial charge in [-0.25, -0.2) is 4.79 Å². The third kappa shape index (κ3) is 3.75. The van der Waals surface area contributed by atoms with Gasteiger partial charge in [0.05, 0.1) is 5.56 Å². The Labute approximate surface area is 124 Å². The van der Waals surface area contributed by atoms with Gasteiger partial charge in [0.1, 0.15) is 12.4 Å². The van der Waals surface area contributed by atoms with Crippen molar-refractivity contribution in [2.24, 2.45) is 0 Å². The van der Waals surface area contributed by atoms with E-state index in [1.165, 1.54) is 0 Å². The Bertz CT molecular complexity index is 650. The molecular weight excluding hydrogens is 266 g/mol. The molecule has 2 aromatic carbocycles. The molecule has 0 unspecified atom stereocenters. The van der Waals surface area contributed by atoms with E-state index in [1.807, 2.05) is 50.2 Å². The highest BCUT2D eigenvalue weighted by atomic mass is 16.5. The number of benzene rings is 2. The second kappa shape index (κ2) is 6.31. The van der Waals surface area contributed by atoms with Gasteiger partial charge in [0.25, 0.3) is 0 Å². The van der Waals surface area contributed by atoms with Crippen LogP contribution in [0.4, 0.5) is 5.69 Å². The molecule has 21 heavy (non-hydrogen) atoms. The fraction of sp³-hybridized carbons (Fsp3) is 0.235. The Morgan fingerprint density at radius 3 is 2.57 bits per heavy atom. The van der Waals surface area contributed by atoms with Gasteiger partial charge in [-0.2, -0.15) is 0 Å². The first-order valence-electron chi connectivity index (χ1n) is 6.70. The van der Waals surface area contributed by atoms with Gasteiger partial charge in [-0.1, -0.05) is 12.1 Å². The van der Waals surface area contributed by atoms with Gasteiger partial charge in [0, 0.05) is 25.8 Å². The molecule has 2 rings (SSSR count). The van der Waals surface area contributed by atoms with E-state index in [0.717, 1.165) is 22.6 Å². The fourth-order valence-corrected chi connectivity index (χ4v) is 2.00. The summed E-state index contributed by atoms with van der Waals surface area (Å²) >= 11 is 0. The minimum Gasteiger partial charge on any atom is -0.489 e. The van der Waals surface area contributed by atoms with E-state index in [2.05, 4.69) is 0 Å². The van der Waals surface area contributed by atoms with Crippen molar-refractivity contribution in [3.8, 4) is 5.75 Å². The van der Waals surface area contributed by atoms with E-state index in [9.17, 15) is 4.79 Å². The molecule has 0 aliphatic carbocycles. The maximum Gasteiger partial charge on any atom is 0.335 e. The number of nitrogens with zero attached hydrogens (tertiary/aromatic N) is 1. The van der Waals surface area contributed by atoms with E-state index >= 15 is 0 Å². The number of carboxylic acid groups (broad SMARTS) is 1. The van der Waals surface area contributed by atoms with Crippen molar-refractivity contribution in [1.82, 2.24) is 0 Å². The number of hydrogen-bond donors (Lipinski definition) is 1. The van der Waals surface area contributed by atoms with Crippen molar-refractivity contribution in [1.29, 1.82) is 0 Å². The van der Waals surface area contributed by atoms with Gasteiger partial charge in [-0.15, -0.1) is 0 Å². The molecule has 0 aromatic heterocycles. The summed E-state index contributed by atoms with van der Waals surface area (Å²) in [6.07, 6.45) is 0. The van der Waals surface area contributed by atoms with Crippen LogP contribution in [-0.2, 0) is 6.61 Å². The third-order valence-corrected chi connectivity index (χ3v) is 3.32. The summed E-state index contributed by atoms with van der Waals surface area (Å²) in [5, 5.41) is 8.95. The molecule has 0 aliphatic rings. The molecule has 0 aliphatic heterocycles. The maximum atomic E-state index is 10.9. The number of carbonyl (C=O) groups is 1. The van der Waals surface area contributed by atoms with E-state index in [0.29, 0.717) is 12.2 Å². The number of anilines is 1. The summed E-state index contributed by atoms with van der Waals surface area (Å²) in [6.45, 7) is 2.31. The molecule has 4 nitrogen and oxygen atoms in total. The average molecular weight is 285 g/mol. The summed E-state index contributed by atoms with van der Waals surface area (Å²) in [5.41, 5.74) is 3.27. The van der Waals surface area contributed by atoms with Crippen LogP contribution in [0.5, 0.6) is 5.75 Å². The van der Waals surface area contributed by atoms with Crippen LogP contribution in [0.15, 0.2) is 42.5 Å². The zero-order valence-electron chi connectivity index (χ0n) is 12.5. The molecule has 0 bridgehead atoms. The molecule has 110 valence electrons. The highest BCUT2D eigenvalue weighted by molar-refractivity contribution is 5.87. The van der Waals surface area contributed by atoms with E-state index in [1.54, 1.807) is 18.2 Å². The van der Waals surface area contributed by atoms with Crippen LogP contribution in [0.2, 0.25) is 0 Å². The Morgan fingerprint density at radius 2 is 1.95 bits per heavy atom. The van der Waals surface area contributed by atoms with Crippen molar-refractivity contribution in [2.45, 2.75) is 13.5 Å². The van der Waals surface area contributed by atoms with Crippen LogP contribution in [0.25, 0.3) is 0 Å². The summed E-state index contributed by atoms with van der Waals surface area (Å²) in [7, 11) is 3.96. The maximum absolute atomic E-state index is 10.9. The third-order valence-electron chi connectivity index (χ3n) is 3.32. The molecule has 4 heteroatoms. The topological polar surface area (TPSA) is 49.8 Å². The fourth-order valence-electron chi connectivity index (χ4n) is 2.00. The van der Waals surface area contributed by atoms with Crippen LogP contribution in [-0.4, -0.2) is 25.2 Å². The number of carboxylic acids is 1. The zero-order valence-corrected chi connectivity index (χ0v) is 12.5. The molecule has 0 fully saturated rings. The zero-order chi connectivity index (χ0) is 15.4. The van der Waals surface area contributed by atoms with Gasteiger partial charge in [0.15, 0.2) is 0 Å². The minimum atomic E-state index is -0.913. The van der Waals surface area contributed by atoms with Gasteiger partial charge in [0.2, 0.25) is 0 Å². The Hall–Kier alpha value is -2.49. The first-order chi connectivity index (χ1) is 9.97. The summed E-state index contributed by atoms with van der Waals surface area (Å²) in [6, 6.07) is 12.9. The summed E-state index contributed by atoms with van der Waals surface area (Å²) < 4.78 is 5.79. The van der Waals surface area contributed by atoms with Crippen molar-refractivity contribution in [3.63, 3.8) is 0 Å². The van der Waals surface area contributed by atoms with Crippen molar-refractivity contribution in [3.05, 3.63) is 59.2 Å². The monoisotopic (exact) mass is 285 g/mol. The van der Waals surface area contributed by atoms with Crippen molar-refractivity contribution in [2.75, 3.05) is 19.0 Å². The first kappa shape index (κ1) is 14.9.